The molecule has 26 heavy (non-hydrogen) atoms. The second-order valence-electron chi connectivity index (χ2n) is 5.35. The third-order valence-electron chi connectivity index (χ3n) is 3.47. The second-order valence-corrected chi connectivity index (χ2v) is 6.62. The number of hydrogen-bond acceptors (Lipinski definition) is 4. The van der Waals surface area contributed by atoms with Crippen molar-refractivity contribution >= 4 is 40.6 Å². The van der Waals surface area contributed by atoms with E-state index in [1.54, 1.807) is 60.8 Å². The minimum absolute atomic E-state index is 0.346. The van der Waals surface area contributed by atoms with Crippen LogP contribution in [0, 0.1) is 6.92 Å². The number of nitrogens with one attached hydrogen (secondary N) is 2. The zero-order chi connectivity index (χ0) is 18.5. The molecular formula is C18H15ClN4O2S. The summed E-state index contributed by atoms with van der Waals surface area (Å²) in [6.45, 7) is 1.79. The molecular weight excluding hydrogens is 372 g/mol. The summed E-state index contributed by atoms with van der Waals surface area (Å²) in [5.41, 5.74) is 4.27. The highest BCUT2D eigenvalue weighted by Crippen LogP contribution is 2.14. The van der Waals surface area contributed by atoms with Crippen LogP contribution in [0.5, 0.6) is 0 Å². The maximum Gasteiger partial charge on any atom is 0.332 e. The first-order valence-electron chi connectivity index (χ1n) is 7.68. The Labute approximate surface area is 158 Å². The van der Waals surface area contributed by atoms with E-state index in [4.69, 9.17) is 11.6 Å². The van der Waals surface area contributed by atoms with Gasteiger partial charge in [0.15, 0.2) is 0 Å². The van der Waals surface area contributed by atoms with E-state index in [9.17, 15) is 9.59 Å². The number of amides is 2. The molecule has 1 heterocycles. The molecule has 1 aromatic heterocycles. The number of anilines is 1. The van der Waals surface area contributed by atoms with Crippen LogP contribution in [-0.4, -0.2) is 16.5 Å². The van der Waals surface area contributed by atoms with Gasteiger partial charge in [-0.2, -0.15) is 0 Å². The number of halogens is 1. The van der Waals surface area contributed by atoms with Gasteiger partial charge in [0.1, 0.15) is 0 Å². The molecule has 0 saturated heterocycles. The molecule has 0 aliphatic rings. The Morgan fingerprint density at radius 1 is 1.08 bits per heavy atom. The zero-order valence-electron chi connectivity index (χ0n) is 13.8. The summed E-state index contributed by atoms with van der Waals surface area (Å²) < 4.78 is 1.39. The summed E-state index contributed by atoms with van der Waals surface area (Å²) in [6, 6.07) is 15.1. The molecule has 2 N–H and O–H groups in total. The van der Waals surface area contributed by atoms with Crippen LogP contribution in [0.4, 0.5) is 10.5 Å². The van der Waals surface area contributed by atoms with Crippen LogP contribution in [0.2, 0.25) is 5.02 Å². The van der Waals surface area contributed by atoms with E-state index in [0.29, 0.717) is 26.8 Å². The minimum Gasteiger partial charge on any atom is -0.307 e. The molecule has 8 heteroatoms. The van der Waals surface area contributed by atoms with Crippen LogP contribution >= 0.6 is 22.9 Å². The standard InChI is InChI=1S/C18H15ClN4O2S/c1-12-11-26-18(22-21-16(24)13-5-3-2-4-6-13)23(12)17(25)20-15-9-7-14(19)8-10-15/h2-11H,1H3,(H,20,25)(H,21,24)/b22-18+. The molecule has 0 spiro atoms. The van der Waals surface area contributed by atoms with Crippen LogP contribution in [-0.2, 0) is 0 Å². The highest BCUT2D eigenvalue weighted by molar-refractivity contribution is 7.07. The van der Waals surface area contributed by atoms with E-state index in [1.165, 1.54) is 15.9 Å². The lowest BCUT2D eigenvalue weighted by atomic mass is 10.2. The fraction of sp³-hybridized carbons (Fsp3) is 0.0556. The summed E-state index contributed by atoms with van der Waals surface area (Å²) in [4.78, 5) is 25.0. The van der Waals surface area contributed by atoms with Crippen LogP contribution in [0.1, 0.15) is 16.1 Å². The van der Waals surface area contributed by atoms with E-state index < -0.39 is 0 Å². The Bertz CT molecular complexity index is 994. The highest BCUT2D eigenvalue weighted by atomic mass is 35.5. The number of carbonyl (C=O) groups excluding carboxylic acids is 2. The second kappa shape index (κ2) is 7.99. The third-order valence-corrected chi connectivity index (χ3v) is 4.66. The van der Waals surface area contributed by atoms with Gasteiger partial charge in [-0.3, -0.25) is 4.79 Å². The molecule has 2 amide bonds. The zero-order valence-corrected chi connectivity index (χ0v) is 15.3. The lowest BCUT2D eigenvalue weighted by Gasteiger charge is -2.07. The fourth-order valence-corrected chi connectivity index (χ4v) is 3.12. The number of nitrogens with zero attached hydrogens (tertiary/aromatic N) is 2. The number of thiazole rings is 1. The normalized spacial score (nSPS) is 11.2. The predicted octanol–water partition coefficient (Wildman–Crippen LogP) is 3.84. The summed E-state index contributed by atoms with van der Waals surface area (Å²) in [7, 11) is 0. The molecule has 0 bridgehead atoms. The lowest BCUT2D eigenvalue weighted by molar-refractivity contribution is 0.0953. The van der Waals surface area contributed by atoms with Crippen molar-refractivity contribution in [3.05, 3.63) is 81.1 Å². The first-order valence-corrected chi connectivity index (χ1v) is 8.93. The third kappa shape index (κ3) is 4.19. The number of hydrogen-bond donors (Lipinski definition) is 2. The summed E-state index contributed by atoms with van der Waals surface area (Å²) in [5, 5.41) is 9.22. The Morgan fingerprint density at radius 2 is 1.77 bits per heavy atom. The van der Waals surface area contributed by atoms with E-state index >= 15 is 0 Å². The quantitative estimate of drug-likeness (QED) is 0.671. The number of aromatic nitrogens is 1. The molecule has 6 nitrogen and oxygen atoms in total. The molecule has 0 aliphatic heterocycles. The lowest BCUT2D eigenvalue weighted by Crippen LogP contribution is -2.31. The number of rotatable bonds is 3. The van der Waals surface area contributed by atoms with Crippen molar-refractivity contribution in [2.45, 2.75) is 6.92 Å². The largest absolute Gasteiger partial charge is 0.332 e. The van der Waals surface area contributed by atoms with Crippen molar-refractivity contribution < 1.29 is 9.59 Å². The summed E-state index contributed by atoms with van der Waals surface area (Å²) in [6.07, 6.45) is 0. The molecule has 0 radical (unpaired) electrons. The maximum atomic E-state index is 12.6. The molecule has 132 valence electrons. The van der Waals surface area contributed by atoms with Crippen molar-refractivity contribution in [2.24, 2.45) is 5.10 Å². The van der Waals surface area contributed by atoms with Gasteiger partial charge in [0.25, 0.3) is 5.91 Å². The van der Waals surface area contributed by atoms with Crippen molar-refractivity contribution in [3.8, 4) is 0 Å². The average Bonchev–Trinajstić information content (AvgIpc) is 3.03. The number of carbonyl (C=O) groups is 2. The van der Waals surface area contributed by atoms with E-state index in [0.717, 1.165) is 0 Å². The van der Waals surface area contributed by atoms with Crippen LogP contribution in [0.25, 0.3) is 0 Å². The van der Waals surface area contributed by atoms with Gasteiger partial charge in [-0.25, -0.2) is 14.8 Å². The van der Waals surface area contributed by atoms with Crippen LogP contribution in [0.3, 0.4) is 0 Å². The smallest absolute Gasteiger partial charge is 0.307 e. The Morgan fingerprint density at radius 3 is 2.46 bits per heavy atom. The first-order chi connectivity index (χ1) is 12.5. The summed E-state index contributed by atoms with van der Waals surface area (Å²) in [5.74, 6) is -0.346. The fourth-order valence-electron chi connectivity index (χ4n) is 2.18. The Kier molecular flexibility index (Phi) is 5.50. The van der Waals surface area contributed by atoms with Crippen molar-refractivity contribution in [1.29, 1.82) is 0 Å². The molecule has 2 aromatic carbocycles. The van der Waals surface area contributed by atoms with Gasteiger partial charge < -0.3 is 5.32 Å². The monoisotopic (exact) mass is 386 g/mol. The van der Waals surface area contributed by atoms with Crippen molar-refractivity contribution in [2.75, 3.05) is 5.32 Å². The van der Waals surface area contributed by atoms with Gasteiger partial charge in [0.2, 0.25) is 4.80 Å². The Hall–Kier alpha value is -2.90. The summed E-state index contributed by atoms with van der Waals surface area (Å²) >= 11 is 7.10. The van der Waals surface area contributed by atoms with E-state index in [2.05, 4.69) is 15.8 Å². The van der Waals surface area contributed by atoms with Gasteiger partial charge in [0.05, 0.1) is 0 Å². The first kappa shape index (κ1) is 17.9. The minimum atomic E-state index is -0.376. The molecule has 3 aromatic rings. The molecule has 0 aliphatic carbocycles. The molecule has 0 saturated carbocycles. The number of aryl methyl sites for hydroxylation is 1. The van der Waals surface area contributed by atoms with Gasteiger partial charge in [-0.05, 0) is 43.3 Å². The SMILES string of the molecule is Cc1cs/c(=N/NC(=O)c2ccccc2)n1C(=O)Nc1ccc(Cl)cc1. The van der Waals surface area contributed by atoms with Crippen molar-refractivity contribution in [1.82, 2.24) is 9.99 Å². The molecule has 0 fully saturated rings. The van der Waals surface area contributed by atoms with E-state index in [-0.39, 0.29) is 11.9 Å². The van der Waals surface area contributed by atoms with Crippen molar-refractivity contribution in [3.63, 3.8) is 0 Å². The molecule has 0 atom stereocenters. The predicted molar refractivity (Wildman–Crippen MR) is 102 cm³/mol. The topological polar surface area (TPSA) is 75.5 Å². The number of benzene rings is 2. The van der Waals surface area contributed by atoms with E-state index in [1.807, 2.05) is 6.07 Å². The highest BCUT2D eigenvalue weighted by Gasteiger charge is 2.11. The molecule has 3 rings (SSSR count). The van der Waals surface area contributed by atoms with Gasteiger partial charge in [-0.15, -0.1) is 16.4 Å². The van der Waals surface area contributed by atoms with Gasteiger partial charge in [-0.1, -0.05) is 29.8 Å². The average molecular weight is 387 g/mol. The molecule has 0 unspecified atom stereocenters. The Balaban J connectivity index is 1.80. The maximum absolute atomic E-state index is 12.6. The van der Waals surface area contributed by atoms with Gasteiger partial charge in [0, 0.05) is 27.3 Å². The van der Waals surface area contributed by atoms with Crippen LogP contribution < -0.4 is 15.5 Å². The van der Waals surface area contributed by atoms with Gasteiger partial charge >= 0.3 is 6.03 Å². The van der Waals surface area contributed by atoms with Crippen LogP contribution in [0.15, 0.2) is 65.1 Å².